The molecule has 0 saturated heterocycles. The van der Waals surface area contributed by atoms with E-state index in [4.69, 9.17) is 0 Å². The molecule has 6 heteroatoms. The molecule has 0 unspecified atom stereocenters. The zero-order chi connectivity index (χ0) is 13.9. The second-order valence-corrected chi connectivity index (χ2v) is 5.20. The third-order valence-electron chi connectivity index (χ3n) is 3.80. The molecule has 1 aliphatic heterocycles. The molecule has 6 nitrogen and oxygen atoms in total. The van der Waals surface area contributed by atoms with Crippen molar-refractivity contribution in [1.82, 2.24) is 24.6 Å². The van der Waals surface area contributed by atoms with Crippen molar-refractivity contribution in [1.29, 1.82) is 0 Å². The second-order valence-electron chi connectivity index (χ2n) is 5.20. The number of carbonyl (C=O) groups excluding carboxylic acids is 1. The van der Waals surface area contributed by atoms with E-state index in [1.807, 2.05) is 19.3 Å². The Morgan fingerprint density at radius 3 is 3.25 bits per heavy atom. The van der Waals surface area contributed by atoms with Crippen LogP contribution in [0.1, 0.15) is 29.5 Å². The maximum atomic E-state index is 12.0. The highest BCUT2D eigenvalue weighted by atomic mass is 16.1. The molecule has 0 saturated carbocycles. The molecule has 0 aliphatic carbocycles. The van der Waals surface area contributed by atoms with Crippen LogP contribution in [0.3, 0.4) is 0 Å². The number of hydrogen-bond acceptors (Lipinski definition) is 3. The van der Waals surface area contributed by atoms with E-state index in [0.717, 1.165) is 31.8 Å². The van der Waals surface area contributed by atoms with E-state index in [1.165, 1.54) is 0 Å². The molecular formula is C14H19N5O. The summed E-state index contributed by atoms with van der Waals surface area (Å²) in [5.41, 5.74) is 0.631. The molecular weight excluding hydrogens is 254 g/mol. The molecule has 1 N–H and O–H groups in total. The summed E-state index contributed by atoms with van der Waals surface area (Å²) in [5, 5.41) is 7.12. The van der Waals surface area contributed by atoms with Crippen molar-refractivity contribution in [2.75, 3.05) is 6.54 Å². The molecule has 0 radical (unpaired) electrons. The van der Waals surface area contributed by atoms with Crippen molar-refractivity contribution in [3.63, 3.8) is 0 Å². The van der Waals surface area contributed by atoms with E-state index in [-0.39, 0.29) is 5.91 Å². The van der Waals surface area contributed by atoms with Gasteiger partial charge < -0.3 is 9.88 Å². The van der Waals surface area contributed by atoms with Crippen molar-refractivity contribution in [3.05, 3.63) is 36.2 Å². The SMILES string of the molecule is CCn1cc(C(=O)NC[C@H]2CCc3nccn3C2)cn1. The summed E-state index contributed by atoms with van der Waals surface area (Å²) in [5.74, 6) is 1.58. The number of imidazole rings is 1. The maximum Gasteiger partial charge on any atom is 0.254 e. The first-order valence-electron chi connectivity index (χ1n) is 7.07. The number of carbonyl (C=O) groups is 1. The molecule has 0 spiro atoms. The molecule has 1 amide bonds. The topological polar surface area (TPSA) is 64.7 Å². The van der Waals surface area contributed by atoms with Gasteiger partial charge in [-0.2, -0.15) is 5.10 Å². The summed E-state index contributed by atoms with van der Waals surface area (Å²) in [6.45, 7) is 4.41. The number of nitrogens with one attached hydrogen (secondary N) is 1. The Bertz CT molecular complexity index is 600. The Labute approximate surface area is 117 Å². The van der Waals surface area contributed by atoms with Gasteiger partial charge in [-0.25, -0.2) is 4.98 Å². The van der Waals surface area contributed by atoms with Crippen molar-refractivity contribution in [2.45, 2.75) is 32.9 Å². The van der Waals surface area contributed by atoms with E-state index in [1.54, 1.807) is 17.1 Å². The summed E-state index contributed by atoms with van der Waals surface area (Å²) in [4.78, 5) is 16.3. The summed E-state index contributed by atoms with van der Waals surface area (Å²) in [6, 6.07) is 0. The van der Waals surface area contributed by atoms with Gasteiger partial charge in [-0.15, -0.1) is 0 Å². The van der Waals surface area contributed by atoms with E-state index in [9.17, 15) is 4.79 Å². The predicted molar refractivity (Wildman–Crippen MR) is 74.3 cm³/mol. The first-order valence-corrected chi connectivity index (χ1v) is 7.07. The van der Waals surface area contributed by atoms with Gasteiger partial charge in [-0.1, -0.05) is 0 Å². The highest BCUT2D eigenvalue weighted by molar-refractivity contribution is 5.93. The monoisotopic (exact) mass is 273 g/mol. The fourth-order valence-corrected chi connectivity index (χ4v) is 2.60. The van der Waals surface area contributed by atoms with Gasteiger partial charge in [0, 0.05) is 44.6 Å². The molecule has 20 heavy (non-hydrogen) atoms. The lowest BCUT2D eigenvalue weighted by molar-refractivity contribution is 0.0943. The van der Waals surface area contributed by atoms with Crippen LogP contribution >= 0.6 is 0 Å². The van der Waals surface area contributed by atoms with Crippen LogP contribution < -0.4 is 5.32 Å². The Morgan fingerprint density at radius 1 is 1.55 bits per heavy atom. The van der Waals surface area contributed by atoms with Gasteiger partial charge in [0.05, 0.1) is 11.8 Å². The first-order chi connectivity index (χ1) is 9.76. The number of amides is 1. The maximum absolute atomic E-state index is 12.0. The molecule has 0 aromatic carbocycles. The molecule has 1 atom stereocenters. The van der Waals surface area contributed by atoms with Crippen LogP contribution in [-0.2, 0) is 19.5 Å². The molecule has 106 valence electrons. The number of aryl methyl sites for hydroxylation is 2. The van der Waals surface area contributed by atoms with E-state index in [0.29, 0.717) is 18.0 Å². The minimum atomic E-state index is -0.0406. The van der Waals surface area contributed by atoms with Gasteiger partial charge in [0.25, 0.3) is 5.91 Å². The van der Waals surface area contributed by atoms with Crippen LogP contribution in [-0.4, -0.2) is 31.8 Å². The van der Waals surface area contributed by atoms with Gasteiger partial charge in [0.2, 0.25) is 0 Å². The Morgan fingerprint density at radius 2 is 2.45 bits per heavy atom. The fourth-order valence-electron chi connectivity index (χ4n) is 2.60. The summed E-state index contributed by atoms with van der Waals surface area (Å²) < 4.78 is 3.93. The fraction of sp³-hybridized carbons (Fsp3) is 0.500. The molecule has 3 heterocycles. The second kappa shape index (κ2) is 5.48. The average Bonchev–Trinajstić information content (AvgIpc) is 3.12. The summed E-state index contributed by atoms with van der Waals surface area (Å²) in [6.07, 6.45) is 9.31. The number of nitrogens with zero attached hydrogens (tertiary/aromatic N) is 4. The van der Waals surface area contributed by atoms with Gasteiger partial charge in [-0.3, -0.25) is 9.48 Å². The average molecular weight is 273 g/mol. The lowest BCUT2D eigenvalue weighted by atomic mass is 9.99. The Balaban J connectivity index is 1.54. The Hall–Kier alpha value is -2.11. The largest absolute Gasteiger partial charge is 0.352 e. The standard InChI is InChI=1S/C14H19N5O/c1-2-19-10-12(8-17-19)14(20)16-7-11-3-4-13-15-5-6-18(13)9-11/h5-6,8,10-11H,2-4,7,9H2,1H3,(H,16,20)/t11-/m1/s1. The highest BCUT2D eigenvalue weighted by Crippen LogP contribution is 2.18. The van der Waals surface area contributed by atoms with E-state index in [2.05, 4.69) is 20.0 Å². The number of hydrogen-bond donors (Lipinski definition) is 1. The van der Waals surface area contributed by atoms with Gasteiger partial charge in [-0.05, 0) is 19.3 Å². The number of aromatic nitrogens is 4. The Kier molecular flexibility index (Phi) is 3.54. The smallest absolute Gasteiger partial charge is 0.254 e. The van der Waals surface area contributed by atoms with Gasteiger partial charge >= 0.3 is 0 Å². The molecule has 3 rings (SSSR count). The minimum absolute atomic E-state index is 0.0406. The highest BCUT2D eigenvalue weighted by Gasteiger charge is 2.19. The molecule has 2 aromatic rings. The third kappa shape index (κ3) is 2.59. The van der Waals surface area contributed by atoms with E-state index >= 15 is 0 Å². The summed E-state index contributed by atoms with van der Waals surface area (Å²) in [7, 11) is 0. The van der Waals surface area contributed by atoms with Crippen molar-refractivity contribution in [2.24, 2.45) is 5.92 Å². The normalized spacial score (nSPS) is 17.8. The molecule has 2 aromatic heterocycles. The predicted octanol–water partition coefficient (Wildman–Crippen LogP) is 1.09. The summed E-state index contributed by atoms with van der Waals surface area (Å²) >= 11 is 0. The molecule has 1 aliphatic rings. The van der Waals surface area contributed by atoms with Crippen LogP contribution in [0.4, 0.5) is 0 Å². The van der Waals surface area contributed by atoms with Gasteiger partial charge in [0.1, 0.15) is 5.82 Å². The van der Waals surface area contributed by atoms with Crippen LogP contribution in [0.5, 0.6) is 0 Å². The van der Waals surface area contributed by atoms with Crippen molar-refractivity contribution >= 4 is 5.91 Å². The number of rotatable bonds is 4. The lowest BCUT2D eigenvalue weighted by Crippen LogP contribution is -2.33. The van der Waals surface area contributed by atoms with E-state index < -0.39 is 0 Å². The molecule has 0 bridgehead atoms. The zero-order valence-corrected chi connectivity index (χ0v) is 11.6. The zero-order valence-electron chi connectivity index (χ0n) is 11.6. The minimum Gasteiger partial charge on any atom is -0.352 e. The quantitative estimate of drug-likeness (QED) is 0.907. The van der Waals surface area contributed by atoms with Crippen molar-refractivity contribution in [3.8, 4) is 0 Å². The van der Waals surface area contributed by atoms with Crippen LogP contribution in [0.15, 0.2) is 24.8 Å². The van der Waals surface area contributed by atoms with Crippen molar-refractivity contribution < 1.29 is 4.79 Å². The molecule has 0 fully saturated rings. The van der Waals surface area contributed by atoms with Crippen LogP contribution in [0.25, 0.3) is 0 Å². The third-order valence-corrected chi connectivity index (χ3v) is 3.80. The lowest BCUT2D eigenvalue weighted by Gasteiger charge is -2.23. The number of fused-ring (bicyclic) bond motifs is 1. The van der Waals surface area contributed by atoms with Crippen LogP contribution in [0.2, 0.25) is 0 Å². The van der Waals surface area contributed by atoms with Crippen LogP contribution in [0, 0.1) is 5.92 Å². The first kappa shape index (κ1) is 12.9. The van der Waals surface area contributed by atoms with Gasteiger partial charge in [0.15, 0.2) is 0 Å².